The smallest absolute Gasteiger partial charge is 0.417 e. The summed E-state index contributed by atoms with van der Waals surface area (Å²) < 4.78 is 38.5. The summed E-state index contributed by atoms with van der Waals surface area (Å²) in [7, 11) is 0. The van der Waals surface area contributed by atoms with Crippen molar-refractivity contribution in [3.05, 3.63) is 53.9 Å². The highest BCUT2D eigenvalue weighted by Crippen LogP contribution is 2.39. The van der Waals surface area contributed by atoms with Gasteiger partial charge in [-0.25, -0.2) is 9.78 Å². The van der Waals surface area contributed by atoms with Crippen molar-refractivity contribution in [1.82, 2.24) is 4.98 Å². The third-order valence-electron chi connectivity index (χ3n) is 2.37. The molecule has 0 saturated heterocycles. The predicted octanol–water partition coefficient (Wildman–Crippen LogP) is 3.95. The number of carboxylic acid groups (broad SMARTS) is 1. The average Bonchev–Trinajstić information content (AvgIpc) is 2.38. The number of rotatable bonds is 3. The fourth-order valence-corrected chi connectivity index (χ4v) is 2.50. The molecule has 1 heterocycles. The third kappa shape index (κ3) is 3.30. The number of hydrogen-bond acceptors (Lipinski definition) is 3. The van der Waals surface area contributed by atoms with E-state index in [4.69, 9.17) is 5.11 Å². The molecule has 1 aromatic heterocycles. The van der Waals surface area contributed by atoms with Crippen molar-refractivity contribution >= 4 is 17.7 Å². The molecule has 2 aromatic rings. The molecule has 0 amide bonds. The zero-order valence-electron chi connectivity index (χ0n) is 9.89. The molecule has 0 aliphatic carbocycles. The van der Waals surface area contributed by atoms with Gasteiger partial charge in [0.05, 0.1) is 5.56 Å². The summed E-state index contributed by atoms with van der Waals surface area (Å²) in [6, 6.07) is 7.83. The number of alkyl halides is 3. The number of hydrogen-bond donors (Lipinski definition) is 1. The van der Waals surface area contributed by atoms with Gasteiger partial charge < -0.3 is 5.11 Å². The lowest BCUT2D eigenvalue weighted by Gasteiger charge is -2.12. The maximum Gasteiger partial charge on any atom is 0.417 e. The molecule has 0 radical (unpaired) electrons. The second-order valence-corrected chi connectivity index (χ2v) is 4.89. The van der Waals surface area contributed by atoms with Crippen molar-refractivity contribution in [3.63, 3.8) is 0 Å². The summed E-state index contributed by atoms with van der Waals surface area (Å²) in [6.07, 6.45) is -3.20. The molecule has 0 spiro atoms. The standard InChI is InChI=1S/C13H8F3NO2S/c14-13(15,16)9-3-1-2-4-11(9)20-8-5-6-17-10(7-8)12(18)19/h1-7H,(H,18,19). The minimum Gasteiger partial charge on any atom is -0.477 e. The minimum absolute atomic E-state index is 0.0162. The van der Waals surface area contributed by atoms with E-state index >= 15 is 0 Å². The Morgan fingerprint density at radius 3 is 2.55 bits per heavy atom. The average molecular weight is 299 g/mol. The van der Waals surface area contributed by atoms with Crippen LogP contribution in [0.25, 0.3) is 0 Å². The van der Waals surface area contributed by atoms with Gasteiger partial charge in [-0.2, -0.15) is 13.2 Å². The summed E-state index contributed by atoms with van der Waals surface area (Å²) in [5.41, 5.74) is -0.960. The highest BCUT2D eigenvalue weighted by atomic mass is 32.2. The molecule has 104 valence electrons. The highest BCUT2D eigenvalue weighted by Gasteiger charge is 2.33. The summed E-state index contributed by atoms with van der Waals surface area (Å²) in [6.45, 7) is 0. The van der Waals surface area contributed by atoms with E-state index in [1.807, 2.05) is 0 Å². The molecular formula is C13H8F3NO2S. The quantitative estimate of drug-likeness (QED) is 0.932. The van der Waals surface area contributed by atoms with E-state index in [1.165, 1.54) is 36.5 Å². The first-order valence-corrected chi connectivity index (χ1v) is 6.23. The Morgan fingerprint density at radius 2 is 1.90 bits per heavy atom. The van der Waals surface area contributed by atoms with E-state index in [1.54, 1.807) is 0 Å². The van der Waals surface area contributed by atoms with E-state index in [-0.39, 0.29) is 10.6 Å². The Balaban J connectivity index is 2.36. The van der Waals surface area contributed by atoms with Crippen molar-refractivity contribution in [1.29, 1.82) is 0 Å². The SMILES string of the molecule is O=C(O)c1cc(Sc2ccccc2C(F)(F)F)ccn1. The van der Waals surface area contributed by atoms with Crippen LogP contribution in [-0.4, -0.2) is 16.1 Å². The van der Waals surface area contributed by atoms with Gasteiger partial charge in [0.15, 0.2) is 0 Å². The number of carboxylic acids is 1. The van der Waals surface area contributed by atoms with Gasteiger partial charge in [0.25, 0.3) is 0 Å². The molecule has 7 heteroatoms. The summed E-state index contributed by atoms with van der Waals surface area (Å²) in [4.78, 5) is 14.8. The van der Waals surface area contributed by atoms with Gasteiger partial charge in [0, 0.05) is 16.0 Å². The second kappa shape index (κ2) is 5.54. The topological polar surface area (TPSA) is 50.2 Å². The largest absolute Gasteiger partial charge is 0.477 e. The van der Waals surface area contributed by atoms with Crippen molar-refractivity contribution in [2.24, 2.45) is 0 Å². The first-order valence-electron chi connectivity index (χ1n) is 5.41. The van der Waals surface area contributed by atoms with Gasteiger partial charge in [-0.15, -0.1) is 0 Å². The van der Waals surface area contributed by atoms with E-state index in [0.717, 1.165) is 17.8 Å². The fraction of sp³-hybridized carbons (Fsp3) is 0.0769. The van der Waals surface area contributed by atoms with Crippen molar-refractivity contribution in [2.75, 3.05) is 0 Å². The van der Waals surface area contributed by atoms with Gasteiger partial charge in [0.1, 0.15) is 5.69 Å². The molecule has 0 bridgehead atoms. The normalized spacial score (nSPS) is 11.3. The predicted molar refractivity (Wildman–Crippen MR) is 66.8 cm³/mol. The number of nitrogens with zero attached hydrogens (tertiary/aromatic N) is 1. The van der Waals surface area contributed by atoms with Crippen LogP contribution >= 0.6 is 11.8 Å². The molecule has 3 nitrogen and oxygen atoms in total. The van der Waals surface area contributed by atoms with Crippen LogP contribution in [-0.2, 0) is 6.18 Å². The Labute approximate surface area is 116 Å². The minimum atomic E-state index is -4.45. The molecule has 0 aliphatic heterocycles. The number of benzene rings is 1. The molecule has 0 fully saturated rings. The van der Waals surface area contributed by atoms with Gasteiger partial charge in [-0.1, -0.05) is 23.9 Å². The third-order valence-corrected chi connectivity index (χ3v) is 3.44. The second-order valence-electron chi connectivity index (χ2n) is 3.78. The number of carbonyl (C=O) groups is 1. The fourth-order valence-electron chi connectivity index (χ4n) is 1.51. The number of aromatic carboxylic acids is 1. The molecule has 0 unspecified atom stereocenters. The summed E-state index contributed by atoms with van der Waals surface area (Å²) >= 11 is 0.849. The first kappa shape index (κ1) is 14.4. The molecule has 1 N–H and O–H groups in total. The Hall–Kier alpha value is -2.02. The lowest BCUT2D eigenvalue weighted by molar-refractivity contribution is -0.139. The zero-order valence-corrected chi connectivity index (χ0v) is 10.7. The van der Waals surface area contributed by atoms with E-state index in [9.17, 15) is 18.0 Å². The Kier molecular flexibility index (Phi) is 3.99. The van der Waals surface area contributed by atoms with Crippen LogP contribution in [0.3, 0.4) is 0 Å². The van der Waals surface area contributed by atoms with Crippen LogP contribution < -0.4 is 0 Å². The molecule has 20 heavy (non-hydrogen) atoms. The lowest BCUT2D eigenvalue weighted by atomic mass is 10.2. The number of halogens is 3. The van der Waals surface area contributed by atoms with Crippen molar-refractivity contribution in [2.45, 2.75) is 16.0 Å². The van der Waals surface area contributed by atoms with Gasteiger partial charge >= 0.3 is 12.1 Å². The van der Waals surface area contributed by atoms with Crippen LogP contribution in [0.1, 0.15) is 16.1 Å². The zero-order chi connectivity index (χ0) is 14.8. The van der Waals surface area contributed by atoms with Crippen LogP contribution in [0.2, 0.25) is 0 Å². The van der Waals surface area contributed by atoms with E-state index in [0.29, 0.717) is 4.90 Å². The molecule has 0 atom stereocenters. The van der Waals surface area contributed by atoms with Crippen LogP contribution in [0.15, 0.2) is 52.4 Å². The lowest BCUT2D eigenvalue weighted by Crippen LogP contribution is -2.06. The molecule has 0 aliphatic rings. The summed E-state index contributed by atoms with van der Waals surface area (Å²) in [5, 5.41) is 8.81. The van der Waals surface area contributed by atoms with Gasteiger partial charge in [-0.3, -0.25) is 0 Å². The van der Waals surface area contributed by atoms with Crippen LogP contribution in [0, 0.1) is 0 Å². The molecule has 1 aromatic carbocycles. The first-order chi connectivity index (χ1) is 9.38. The van der Waals surface area contributed by atoms with Crippen LogP contribution in [0.5, 0.6) is 0 Å². The van der Waals surface area contributed by atoms with Gasteiger partial charge in [-0.05, 0) is 24.3 Å². The van der Waals surface area contributed by atoms with Gasteiger partial charge in [0.2, 0.25) is 0 Å². The Morgan fingerprint density at radius 1 is 1.20 bits per heavy atom. The number of aromatic nitrogens is 1. The number of pyridine rings is 1. The van der Waals surface area contributed by atoms with Crippen molar-refractivity contribution < 1.29 is 23.1 Å². The summed E-state index contributed by atoms with van der Waals surface area (Å²) in [5.74, 6) is -1.23. The molecule has 2 rings (SSSR count). The van der Waals surface area contributed by atoms with E-state index in [2.05, 4.69) is 4.98 Å². The van der Waals surface area contributed by atoms with E-state index < -0.39 is 17.7 Å². The maximum atomic E-state index is 12.8. The monoisotopic (exact) mass is 299 g/mol. The maximum absolute atomic E-state index is 12.8. The molecule has 0 saturated carbocycles. The van der Waals surface area contributed by atoms with Crippen LogP contribution in [0.4, 0.5) is 13.2 Å². The highest BCUT2D eigenvalue weighted by molar-refractivity contribution is 7.99. The molecular weight excluding hydrogens is 291 g/mol. The van der Waals surface area contributed by atoms with Crippen molar-refractivity contribution in [3.8, 4) is 0 Å². The Bertz CT molecular complexity index is 644.